The predicted molar refractivity (Wildman–Crippen MR) is 110 cm³/mol. The van der Waals surface area contributed by atoms with Crippen molar-refractivity contribution in [2.75, 3.05) is 17.7 Å². The van der Waals surface area contributed by atoms with Gasteiger partial charge in [0.1, 0.15) is 22.9 Å². The highest BCUT2D eigenvalue weighted by Gasteiger charge is 2.31. The van der Waals surface area contributed by atoms with Gasteiger partial charge in [-0.3, -0.25) is 4.79 Å². The topological polar surface area (TPSA) is 102 Å². The summed E-state index contributed by atoms with van der Waals surface area (Å²) in [6, 6.07) is 5.35. The summed E-state index contributed by atoms with van der Waals surface area (Å²) in [4.78, 5) is 25.1. The molecule has 164 valence electrons. The Morgan fingerprint density at radius 1 is 1.16 bits per heavy atom. The molecule has 1 amide bonds. The average Bonchev–Trinajstić information content (AvgIpc) is 3.51. The van der Waals surface area contributed by atoms with Crippen molar-refractivity contribution in [3.05, 3.63) is 36.7 Å². The Bertz CT molecular complexity index is 1350. The maximum atomic E-state index is 12.5. The number of carbonyl (C=O) groups excluding carboxylic acids is 1. The normalized spacial score (nSPS) is 14.0. The highest BCUT2D eigenvalue weighted by Crippen LogP contribution is 2.35. The Labute approximate surface area is 178 Å². The van der Waals surface area contributed by atoms with Crippen LogP contribution in [0.4, 0.5) is 24.8 Å². The van der Waals surface area contributed by atoms with E-state index in [4.69, 9.17) is 4.42 Å². The van der Waals surface area contributed by atoms with Crippen molar-refractivity contribution in [2.24, 2.45) is 5.92 Å². The highest BCUT2D eigenvalue weighted by atomic mass is 19.4. The molecule has 4 aromatic rings. The lowest BCUT2D eigenvalue weighted by atomic mass is 10.1. The monoisotopic (exact) mass is 443 g/mol. The number of ether oxygens (including phenoxy) is 1. The molecule has 3 heterocycles. The standard InChI is InChI=1S/C21H16F3N5O3/c1-25-18-13-8-26-17(29-19(30)10-2-3-10)7-12(13)14(9-27-18)20-28-15-6-11(32-21(22,23)24)4-5-16(15)31-20/h4-10H,2-3H2,1H3,(H,25,27)(H,26,29,30). The van der Waals surface area contributed by atoms with Gasteiger partial charge in [0.15, 0.2) is 5.58 Å². The van der Waals surface area contributed by atoms with Crippen molar-refractivity contribution < 1.29 is 27.1 Å². The van der Waals surface area contributed by atoms with E-state index in [1.807, 2.05) is 0 Å². The molecule has 1 saturated carbocycles. The fourth-order valence-corrected chi connectivity index (χ4v) is 3.37. The van der Waals surface area contributed by atoms with Crippen LogP contribution in [0, 0.1) is 5.92 Å². The van der Waals surface area contributed by atoms with Crippen LogP contribution in [0.2, 0.25) is 0 Å². The van der Waals surface area contributed by atoms with Gasteiger partial charge in [-0.05, 0) is 31.0 Å². The Kier molecular flexibility index (Phi) is 4.61. The lowest BCUT2D eigenvalue weighted by Gasteiger charge is -2.10. The van der Waals surface area contributed by atoms with E-state index in [-0.39, 0.29) is 28.8 Å². The highest BCUT2D eigenvalue weighted by molar-refractivity contribution is 6.03. The predicted octanol–water partition coefficient (Wildman–Crippen LogP) is 4.73. The summed E-state index contributed by atoms with van der Waals surface area (Å²) in [5.74, 6) is 0.638. The lowest BCUT2D eigenvalue weighted by molar-refractivity contribution is -0.274. The van der Waals surface area contributed by atoms with Gasteiger partial charge in [0, 0.05) is 42.2 Å². The summed E-state index contributed by atoms with van der Waals surface area (Å²) in [5.41, 5.74) is 0.985. The molecule has 5 rings (SSSR count). The number of pyridine rings is 2. The largest absolute Gasteiger partial charge is 0.573 e. The minimum absolute atomic E-state index is 0.0161. The minimum Gasteiger partial charge on any atom is -0.436 e. The Balaban J connectivity index is 1.58. The Hall–Kier alpha value is -3.89. The van der Waals surface area contributed by atoms with Crippen molar-refractivity contribution in [3.63, 3.8) is 0 Å². The van der Waals surface area contributed by atoms with Crippen LogP contribution in [0.3, 0.4) is 0 Å². The van der Waals surface area contributed by atoms with E-state index in [1.54, 1.807) is 25.5 Å². The summed E-state index contributed by atoms with van der Waals surface area (Å²) >= 11 is 0. The van der Waals surface area contributed by atoms with E-state index >= 15 is 0 Å². The second kappa shape index (κ2) is 7.36. The molecular weight excluding hydrogens is 427 g/mol. The van der Waals surface area contributed by atoms with Gasteiger partial charge in [0.2, 0.25) is 11.8 Å². The molecule has 1 fully saturated rings. The van der Waals surface area contributed by atoms with Gasteiger partial charge >= 0.3 is 6.36 Å². The summed E-state index contributed by atoms with van der Waals surface area (Å²) in [5, 5.41) is 7.10. The van der Waals surface area contributed by atoms with E-state index in [9.17, 15) is 18.0 Å². The first-order valence-corrected chi connectivity index (χ1v) is 9.75. The van der Waals surface area contributed by atoms with E-state index < -0.39 is 12.1 Å². The first-order valence-electron chi connectivity index (χ1n) is 9.75. The molecule has 0 aliphatic heterocycles. The number of amides is 1. The van der Waals surface area contributed by atoms with Gasteiger partial charge in [-0.2, -0.15) is 0 Å². The van der Waals surface area contributed by atoms with Crippen LogP contribution in [-0.2, 0) is 4.79 Å². The first-order chi connectivity index (χ1) is 15.3. The summed E-state index contributed by atoms with van der Waals surface area (Å²) in [6.45, 7) is 0. The number of rotatable bonds is 5. The van der Waals surface area contributed by atoms with Crippen molar-refractivity contribution in [1.82, 2.24) is 15.0 Å². The number of hydrogen-bond donors (Lipinski definition) is 2. The van der Waals surface area contributed by atoms with Crippen LogP contribution in [0.15, 0.2) is 41.1 Å². The van der Waals surface area contributed by atoms with Crippen molar-refractivity contribution in [2.45, 2.75) is 19.2 Å². The van der Waals surface area contributed by atoms with E-state index in [0.29, 0.717) is 28.0 Å². The van der Waals surface area contributed by atoms with Gasteiger partial charge in [-0.1, -0.05) is 0 Å². The minimum atomic E-state index is -4.81. The second-order valence-electron chi connectivity index (χ2n) is 7.35. The molecule has 2 N–H and O–H groups in total. The van der Waals surface area contributed by atoms with Crippen LogP contribution in [-0.4, -0.2) is 34.3 Å². The van der Waals surface area contributed by atoms with Crippen molar-refractivity contribution in [3.8, 4) is 17.2 Å². The smallest absolute Gasteiger partial charge is 0.436 e. The number of oxazole rings is 1. The number of hydrogen-bond acceptors (Lipinski definition) is 7. The molecule has 11 heteroatoms. The zero-order valence-electron chi connectivity index (χ0n) is 16.7. The fourth-order valence-electron chi connectivity index (χ4n) is 3.37. The lowest BCUT2D eigenvalue weighted by Crippen LogP contribution is -2.16. The van der Waals surface area contributed by atoms with Gasteiger partial charge in [-0.25, -0.2) is 15.0 Å². The number of fused-ring (bicyclic) bond motifs is 2. The molecule has 8 nitrogen and oxygen atoms in total. The van der Waals surface area contributed by atoms with E-state index in [2.05, 4.69) is 30.3 Å². The zero-order valence-corrected chi connectivity index (χ0v) is 16.7. The van der Waals surface area contributed by atoms with E-state index in [0.717, 1.165) is 25.0 Å². The number of nitrogens with zero attached hydrogens (tertiary/aromatic N) is 3. The molecule has 1 aliphatic rings. The first kappa shape index (κ1) is 20.0. The third-order valence-electron chi connectivity index (χ3n) is 5.03. The molecule has 0 radical (unpaired) electrons. The molecule has 0 atom stereocenters. The van der Waals surface area contributed by atoms with Gasteiger partial charge in [0.25, 0.3) is 0 Å². The Morgan fingerprint density at radius 2 is 1.97 bits per heavy atom. The molecule has 0 saturated heterocycles. The molecule has 32 heavy (non-hydrogen) atoms. The maximum Gasteiger partial charge on any atom is 0.573 e. The third kappa shape index (κ3) is 3.88. The second-order valence-corrected chi connectivity index (χ2v) is 7.35. The SMILES string of the molecule is CNc1ncc(-c2nc3cc(OC(F)(F)F)ccc3o2)c2cc(NC(=O)C3CC3)ncc12. The number of alkyl halides is 3. The quantitative estimate of drug-likeness (QED) is 0.460. The molecule has 0 unspecified atom stereocenters. The number of halogens is 3. The molecule has 3 aromatic heterocycles. The van der Waals surface area contributed by atoms with Crippen LogP contribution >= 0.6 is 0 Å². The molecular formula is C21H16F3N5O3. The number of anilines is 2. The zero-order chi connectivity index (χ0) is 22.5. The Morgan fingerprint density at radius 3 is 2.69 bits per heavy atom. The molecule has 1 aliphatic carbocycles. The molecule has 0 spiro atoms. The van der Waals surface area contributed by atoms with Gasteiger partial charge < -0.3 is 19.8 Å². The molecule has 1 aromatic carbocycles. The summed E-state index contributed by atoms with van der Waals surface area (Å²) in [7, 11) is 1.71. The van der Waals surface area contributed by atoms with Gasteiger partial charge in [0.05, 0.1) is 5.56 Å². The number of benzene rings is 1. The maximum absolute atomic E-state index is 12.5. The summed E-state index contributed by atoms with van der Waals surface area (Å²) in [6.07, 6.45) is 0.0388. The molecule has 0 bridgehead atoms. The van der Waals surface area contributed by atoms with Crippen LogP contribution in [0.25, 0.3) is 33.3 Å². The van der Waals surface area contributed by atoms with Crippen LogP contribution < -0.4 is 15.4 Å². The number of aromatic nitrogens is 3. The number of carbonyl (C=O) groups is 1. The van der Waals surface area contributed by atoms with Crippen LogP contribution in [0.1, 0.15) is 12.8 Å². The van der Waals surface area contributed by atoms with Crippen molar-refractivity contribution >= 4 is 39.4 Å². The number of nitrogens with one attached hydrogen (secondary N) is 2. The average molecular weight is 443 g/mol. The van der Waals surface area contributed by atoms with Crippen LogP contribution in [0.5, 0.6) is 5.75 Å². The fraction of sp³-hybridized carbons (Fsp3) is 0.238. The van der Waals surface area contributed by atoms with E-state index in [1.165, 1.54) is 6.07 Å². The third-order valence-corrected chi connectivity index (χ3v) is 5.03. The van der Waals surface area contributed by atoms with Gasteiger partial charge in [-0.15, -0.1) is 13.2 Å². The summed E-state index contributed by atoms with van der Waals surface area (Å²) < 4.78 is 47.3. The van der Waals surface area contributed by atoms with Crippen molar-refractivity contribution in [1.29, 1.82) is 0 Å².